The van der Waals surface area contributed by atoms with Crippen LogP contribution in [0.5, 0.6) is 0 Å². The van der Waals surface area contributed by atoms with E-state index in [2.05, 4.69) is 0 Å². The van der Waals surface area contributed by atoms with E-state index in [9.17, 15) is 18.0 Å². The average molecular weight is 431 g/mol. The van der Waals surface area contributed by atoms with E-state index in [1.807, 2.05) is 6.92 Å². The predicted octanol–water partition coefficient (Wildman–Crippen LogP) is 2.93. The van der Waals surface area contributed by atoms with Crippen LogP contribution < -0.4 is 0 Å². The van der Waals surface area contributed by atoms with Gasteiger partial charge in [-0.1, -0.05) is 25.4 Å². The molecule has 7 nitrogen and oxygen atoms in total. The third-order valence-corrected chi connectivity index (χ3v) is 7.47. The fourth-order valence-corrected chi connectivity index (χ4v) is 5.25. The van der Waals surface area contributed by atoms with Gasteiger partial charge in [0.15, 0.2) is 6.61 Å². The first-order valence-corrected chi connectivity index (χ1v) is 11.3. The number of hydrogen-bond donors (Lipinski definition) is 0. The number of ether oxygens (including phenoxy) is 1. The quantitative estimate of drug-likeness (QED) is 0.621. The molecule has 0 aromatic heterocycles. The molecule has 0 unspecified atom stereocenters. The van der Waals surface area contributed by atoms with Crippen molar-refractivity contribution in [3.8, 4) is 0 Å². The molecule has 0 saturated carbocycles. The number of rotatable bonds is 7. The summed E-state index contributed by atoms with van der Waals surface area (Å²) in [6, 6.07) is 4.07. The van der Waals surface area contributed by atoms with E-state index in [1.165, 1.54) is 22.5 Å². The molecule has 1 fully saturated rings. The van der Waals surface area contributed by atoms with E-state index < -0.39 is 16.0 Å². The SMILES string of the molecule is CCN(CC)S(=O)(=O)c1cc(C(=O)OCC(=O)N2CCCC[C@H]2C)ccc1Cl. The maximum absolute atomic E-state index is 12.7. The molecule has 1 aromatic rings. The minimum absolute atomic E-state index is 0.0293. The fraction of sp³-hybridized carbons (Fsp3) is 0.579. The van der Waals surface area contributed by atoms with Crippen LogP contribution in [0.4, 0.5) is 0 Å². The Kier molecular flexibility index (Phi) is 7.86. The van der Waals surface area contributed by atoms with Crippen molar-refractivity contribution in [2.45, 2.75) is 51.0 Å². The monoisotopic (exact) mass is 430 g/mol. The number of carbonyl (C=O) groups is 2. The van der Waals surface area contributed by atoms with E-state index >= 15 is 0 Å². The number of carbonyl (C=O) groups excluding carboxylic acids is 2. The summed E-state index contributed by atoms with van der Waals surface area (Å²) in [6.45, 7) is 6.27. The molecule has 0 radical (unpaired) electrons. The number of esters is 1. The molecule has 28 heavy (non-hydrogen) atoms. The zero-order valence-corrected chi connectivity index (χ0v) is 18.1. The molecule has 2 rings (SSSR count). The lowest BCUT2D eigenvalue weighted by Crippen LogP contribution is -2.44. The number of amides is 1. The summed E-state index contributed by atoms with van der Waals surface area (Å²) in [5.74, 6) is -1.00. The van der Waals surface area contributed by atoms with E-state index in [0.29, 0.717) is 6.54 Å². The number of likely N-dealkylation sites (tertiary alicyclic amines) is 1. The lowest BCUT2D eigenvalue weighted by molar-refractivity contribution is -0.137. The Morgan fingerprint density at radius 2 is 1.93 bits per heavy atom. The molecule has 0 spiro atoms. The topological polar surface area (TPSA) is 84.0 Å². The van der Waals surface area contributed by atoms with Crippen molar-refractivity contribution in [2.75, 3.05) is 26.2 Å². The zero-order chi connectivity index (χ0) is 20.9. The lowest BCUT2D eigenvalue weighted by Gasteiger charge is -2.33. The van der Waals surface area contributed by atoms with Gasteiger partial charge in [-0.05, 0) is 44.4 Å². The number of hydrogen-bond acceptors (Lipinski definition) is 5. The normalized spacial score (nSPS) is 17.6. The molecule has 1 amide bonds. The number of nitrogens with zero attached hydrogens (tertiary/aromatic N) is 2. The third kappa shape index (κ3) is 5.04. The molecule has 1 heterocycles. The molecule has 0 aliphatic carbocycles. The van der Waals surface area contributed by atoms with Gasteiger partial charge in [0.25, 0.3) is 5.91 Å². The van der Waals surface area contributed by atoms with Crippen molar-refractivity contribution in [1.29, 1.82) is 0 Å². The summed E-state index contributed by atoms with van der Waals surface area (Å²) in [4.78, 5) is 26.3. The molecule has 1 atom stereocenters. The van der Waals surface area contributed by atoms with Crippen molar-refractivity contribution in [3.63, 3.8) is 0 Å². The largest absolute Gasteiger partial charge is 0.452 e. The predicted molar refractivity (Wildman–Crippen MR) is 107 cm³/mol. The maximum Gasteiger partial charge on any atom is 0.338 e. The zero-order valence-electron chi connectivity index (χ0n) is 16.5. The molecule has 1 aromatic carbocycles. The lowest BCUT2D eigenvalue weighted by atomic mass is 10.0. The van der Waals surface area contributed by atoms with E-state index in [1.54, 1.807) is 18.7 Å². The molecule has 9 heteroatoms. The van der Waals surface area contributed by atoms with Gasteiger partial charge in [-0.3, -0.25) is 4.79 Å². The summed E-state index contributed by atoms with van der Waals surface area (Å²) in [6.07, 6.45) is 2.95. The second-order valence-corrected chi connectivity index (χ2v) is 9.06. The highest BCUT2D eigenvalue weighted by Gasteiger charge is 2.27. The summed E-state index contributed by atoms with van der Waals surface area (Å²) in [7, 11) is -3.83. The fourth-order valence-electron chi connectivity index (χ4n) is 3.29. The Morgan fingerprint density at radius 3 is 2.54 bits per heavy atom. The summed E-state index contributed by atoms with van der Waals surface area (Å²) in [5.41, 5.74) is 0.0367. The van der Waals surface area contributed by atoms with Crippen LogP contribution in [0, 0.1) is 0 Å². The molecular formula is C19H27ClN2O5S. The van der Waals surface area contributed by atoms with Gasteiger partial charge in [0.05, 0.1) is 10.6 Å². The van der Waals surface area contributed by atoms with Gasteiger partial charge in [0.1, 0.15) is 4.90 Å². The minimum Gasteiger partial charge on any atom is -0.452 e. The number of sulfonamides is 1. The van der Waals surface area contributed by atoms with Crippen molar-refractivity contribution >= 4 is 33.5 Å². The van der Waals surface area contributed by atoms with Crippen LogP contribution in [-0.4, -0.2) is 61.8 Å². The van der Waals surface area contributed by atoms with Crippen LogP contribution in [0.1, 0.15) is 50.4 Å². The average Bonchev–Trinajstić information content (AvgIpc) is 2.67. The third-order valence-electron chi connectivity index (χ3n) is 4.94. The molecule has 1 saturated heterocycles. The smallest absolute Gasteiger partial charge is 0.338 e. The Labute approximate surface area is 171 Å². The maximum atomic E-state index is 12.7. The first-order chi connectivity index (χ1) is 13.2. The van der Waals surface area contributed by atoms with E-state index in [0.717, 1.165) is 19.3 Å². The minimum atomic E-state index is -3.83. The number of benzene rings is 1. The van der Waals surface area contributed by atoms with Gasteiger partial charge < -0.3 is 9.64 Å². The summed E-state index contributed by atoms with van der Waals surface area (Å²) >= 11 is 6.07. The van der Waals surface area contributed by atoms with Crippen LogP contribution in [0.15, 0.2) is 23.1 Å². The first-order valence-electron chi connectivity index (χ1n) is 9.48. The number of halogens is 1. The number of piperidine rings is 1. The molecule has 1 aliphatic heterocycles. The van der Waals surface area contributed by atoms with E-state index in [-0.39, 0.29) is 47.1 Å². The van der Waals surface area contributed by atoms with Crippen molar-refractivity contribution in [3.05, 3.63) is 28.8 Å². The van der Waals surface area contributed by atoms with Gasteiger partial charge in [0, 0.05) is 25.7 Å². The van der Waals surface area contributed by atoms with Crippen molar-refractivity contribution < 1.29 is 22.7 Å². The van der Waals surface area contributed by atoms with Gasteiger partial charge in [-0.25, -0.2) is 13.2 Å². The van der Waals surface area contributed by atoms with Gasteiger partial charge in [-0.2, -0.15) is 4.31 Å². The molecule has 1 aliphatic rings. The van der Waals surface area contributed by atoms with Gasteiger partial charge in [0.2, 0.25) is 10.0 Å². The highest BCUT2D eigenvalue weighted by molar-refractivity contribution is 7.89. The van der Waals surface area contributed by atoms with E-state index in [4.69, 9.17) is 16.3 Å². The Balaban J connectivity index is 2.13. The molecular weight excluding hydrogens is 404 g/mol. The summed E-state index contributed by atoms with van der Waals surface area (Å²) < 4.78 is 31.8. The second kappa shape index (κ2) is 9.71. The van der Waals surface area contributed by atoms with Crippen LogP contribution >= 0.6 is 11.6 Å². The molecule has 156 valence electrons. The van der Waals surface area contributed by atoms with Gasteiger partial charge in [-0.15, -0.1) is 0 Å². The molecule has 0 N–H and O–H groups in total. The standard InChI is InChI=1S/C19H27ClN2O5S/c1-4-21(5-2)28(25,26)17-12-15(9-10-16(17)20)19(24)27-13-18(23)22-11-7-6-8-14(22)3/h9-10,12,14H,4-8,11,13H2,1-3H3/t14-/m1/s1. The van der Waals surface area contributed by atoms with Gasteiger partial charge >= 0.3 is 5.97 Å². The van der Waals surface area contributed by atoms with Crippen LogP contribution in [-0.2, 0) is 19.6 Å². The van der Waals surface area contributed by atoms with Crippen LogP contribution in [0.2, 0.25) is 5.02 Å². The van der Waals surface area contributed by atoms with Crippen LogP contribution in [0.25, 0.3) is 0 Å². The summed E-state index contributed by atoms with van der Waals surface area (Å²) in [5, 5.41) is 0.0293. The van der Waals surface area contributed by atoms with Crippen molar-refractivity contribution in [2.24, 2.45) is 0 Å². The Hall–Kier alpha value is -1.64. The van der Waals surface area contributed by atoms with Crippen molar-refractivity contribution in [1.82, 2.24) is 9.21 Å². The molecule has 0 bridgehead atoms. The Bertz CT molecular complexity index is 824. The Morgan fingerprint density at radius 1 is 1.25 bits per heavy atom. The van der Waals surface area contributed by atoms with Crippen LogP contribution in [0.3, 0.4) is 0 Å². The second-order valence-electron chi connectivity index (χ2n) is 6.74. The highest BCUT2D eigenvalue weighted by atomic mass is 35.5. The highest BCUT2D eigenvalue weighted by Crippen LogP contribution is 2.26. The first kappa shape index (κ1) is 22.6.